The molecule has 0 aliphatic carbocycles. The SMILES string of the molecule is Cc1cc(C=C2SC(=O)N(C)C2=O)c(C)n1-c1cccc(F)c1. The second-order valence-corrected chi connectivity index (χ2v) is 6.38. The molecule has 1 aromatic heterocycles. The average Bonchev–Trinajstić information content (AvgIpc) is 2.91. The van der Waals surface area contributed by atoms with E-state index in [2.05, 4.69) is 0 Å². The first kappa shape index (κ1) is 15.6. The fourth-order valence-corrected chi connectivity index (χ4v) is 3.45. The lowest BCUT2D eigenvalue weighted by Crippen LogP contribution is -2.22. The van der Waals surface area contributed by atoms with Crippen LogP contribution in [-0.2, 0) is 4.79 Å². The summed E-state index contributed by atoms with van der Waals surface area (Å²) in [5, 5.41) is -0.278. The minimum atomic E-state index is -0.302. The van der Waals surface area contributed by atoms with Crippen LogP contribution in [0.5, 0.6) is 0 Å². The number of benzene rings is 1. The van der Waals surface area contributed by atoms with Crippen LogP contribution in [0.1, 0.15) is 17.0 Å². The molecule has 0 atom stereocenters. The zero-order chi connectivity index (χ0) is 16.7. The molecule has 1 aliphatic rings. The number of amides is 2. The lowest BCUT2D eigenvalue weighted by molar-refractivity contribution is -0.121. The number of hydrogen-bond donors (Lipinski definition) is 0. The Kier molecular flexibility index (Phi) is 3.85. The predicted molar refractivity (Wildman–Crippen MR) is 88.9 cm³/mol. The Bertz CT molecular complexity index is 854. The van der Waals surface area contributed by atoms with Gasteiger partial charge in [-0.3, -0.25) is 14.5 Å². The summed E-state index contributed by atoms with van der Waals surface area (Å²) in [5.41, 5.74) is 3.38. The average molecular weight is 330 g/mol. The van der Waals surface area contributed by atoms with E-state index < -0.39 is 0 Å². The number of imide groups is 1. The van der Waals surface area contributed by atoms with E-state index in [4.69, 9.17) is 0 Å². The van der Waals surface area contributed by atoms with Gasteiger partial charge in [0.05, 0.1) is 4.91 Å². The summed E-state index contributed by atoms with van der Waals surface area (Å²) in [6.45, 7) is 3.82. The van der Waals surface area contributed by atoms with Gasteiger partial charge in [0.1, 0.15) is 5.82 Å². The van der Waals surface area contributed by atoms with Crippen molar-refractivity contribution in [1.29, 1.82) is 0 Å². The van der Waals surface area contributed by atoms with E-state index in [9.17, 15) is 14.0 Å². The highest BCUT2D eigenvalue weighted by atomic mass is 32.2. The van der Waals surface area contributed by atoms with Crippen LogP contribution in [-0.4, -0.2) is 27.7 Å². The van der Waals surface area contributed by atoms with Gasteiger partial charge in [-0.05, 0) is 61.5 Å². The van der Waals surface area contributed by atoms with E-state index in [-0.39, 0.29) is 17.0 Å². The number of hydrogen-bond acceptors (Lipinski definition) is 3. The second kappa shape index (κ2) is 5.70. The molecule has 2 amide bonds. The molecule has 4 nitrogen and oxygen atoms in total. The largest absolute Gasteiger partial charge is 0.318 e. The molecule has 1 aliphatic heterocycles. The first-order valence-corrected chi connectivity index (χ1v) is 7.86. The van der Waals surface area contributed by atoms with Gasteiger partial charge in [0.15, 0.2) is 0 Å². The molecule has 0 spiro atoms. The maximum Gasteiger partial charge on any atom is 0.293 e. The van der Waals surface area contributed by atoms with Crippen LogP contribution in [0.15, 0.2) is 35.2 Å². The smallest absolute Gasteiger partial charge is 0.293 e. The first-order chi connectivity index (χ1) is 10.9. The predicted octanol–water partition coefficient (Wildman–Crippen LogP) is 3.90. The van der Waals surface area contributed by atoms with Gasteiger partial charge in [0, 0.05) is 24.1 Å². The molecule has 6 heteroatoms. The number of rotatable bonds is 2. The van der Waals surface area contributed by atoms with Crippen LogP contribution in [0.2, 0.25) is 0 Å². The molecule has 0 radical (unpaired) electrons. The molecular formula is C17H15FN2O2S. The standard InChI is InChI=1S/C17H15FN2O2S/c1-10-7-12(8-15-16(21)19(3)17(22)23-15)11(2)20(10)14-6-4-5-13(18)9-14/h4-9H,1-3H3. The van der Waals surface area contributed by atoms with Gasteiger partial charge in [-0.1, -0.05) is 6.07 Å². The van der Waals surface area contributed by atoms with E-state index in [1.165, 1.54) is 19.2 Å². The molecule has 0 bridgehead atoms. The normalized spacial score (nSPS) is 16.7. The Morgan fingerprint density at radius 1 is 1.17 bits per heavy atom. The molecule has 0 unspecified atom stereocenters. The highest BCUT2D eigenvalue weighted by Crippen LogP contribution is 2.32. The third-order valence-corrected chi connectivity index (χ3v) is 4.77. The van der Waals surface area contributed by atoms with Crippen LogP contribution < -0.4 is 0 Å². The second-order valence-electron chi connectivity index (χ2n) is 5.38. The summed E-state index contributed by atoms with van der Waals surface area (Å²) >= 11 is 0.928. The number of halogens is 1. The fraction of sp³-hybridized carbons (Fsp3) is 0.176. The molecule has 0 N–H and O–H groups in total. The van der Waals surface area contributed by atoms with Crippen molar-refractivity contribution < 1.29 is 14.0 Å². The third kappa shape index (κ3) is 2.70. The fourth-order valence-electron chi connectivity index (χ4n) is 2.63. The molecule has 0 saturated carbocycles. The molecule has 1 fully saturated rings. The molecule has 2 heterocycles. The van der Waals surface area contributed by atoms with E-state index in [1.54, 1.807) is 12.1 Å². The number of nitrogens with zero attached hydrogens (tertiary/aromatic N) is 2. The maximum absolute atomic E-state index is 13.5. The van der Waals surface area contributed by atoms with Crippen LogP contribution in [0.25, 0.3) is 11.8 Å². The van der Waals surface area contributed by atoms with Gasteiger partial charge in [0.2, 0.25) is 0 Å². The number of aromatic nitrogens is 1. The Morgan fingerprint density at radius 2 is 1.91 bits per heavy atom. The topological polar surface area (TPSA) is 42.3 Å². The number of carbonyl (C=O) groups excluding carboxylic acids is 2. The number of likely N-dealkylation sites (N-methyl/N-ethyl adjacent to an activating group) is 1. The maximum atomic E-state index is 13.5. The van der Waals surface area contributed by atoms with Gasteiger partial charge in [-0.15, -0.1) is 0 Å². The van der Waals surface area contributed by atoms with Crippen LogP contribution in [0, 0.1) is 19.7 Å². The Morgan fingerprint density at radius 3 is 2.52 bits per heavy atom. The van der Waals surface area contributed by atoms with Crippen molar-refractivity contribution in [3.63, 3.8) is 0 Å². The molecule has 1 saturated heterocycles. The van der Waals surface area contributed by atoms with Crippen LogP contribution in [0.4, 0.5) is 9.18 Å². The Balaban J connectivity index is 2.06. The zero-order valence-corrected chi connectivity index (χ0v) is 13.8. The Labute approximate surface area is 137 Å². The monoisotopic (exact) mass is 330 g/mol. The van der Waals surface area contributed by atoms with Crippen molar-refractivity contribution >= 4 is 29.0 Å². The first-order valence-electron chi connectivity index (χ1n) is 7.05. The van der Waals surface area contributed by atoms with E-state index >= 15 is 0 Å². The van der Waals surface area contributed by atoms with Gasteiger partial charge in [-0.25, -0.2) is 4.39 Å². The summed E-state index contributed by atoms with van der Waals surface area (Å²) in [6.07, 6.45) is 1.71. The highest BCUT2D eigenvalue weighted by molar-refractivity contribution is 8.18. The van der Waals surface area contributed by atoms with Gasteiger partial charge in [0.25, 0.3) is 11.1 Å². The number of aryl methyl sites for hydroxylation is 1. The number of carbonyl (C=O) groups is 2. The molecule has 3 rings (SSSR count). The summed E-state index contributed by atoms with van der Waals surface area (Å²) in [7, 11) is 1.47. The van der Waals surface area contributed by atoms with Gasteiger partial charge >= 0.3 is 0 Å². The number of thioether (sulfide) groups is 1. The highest BCUT2D eigenvalue weighted by Gasteiger charge is 2.32. The van der Waals surface area contributed by atoms with Crippen LogP contribution >= 0.6 is 11.8 Å². The van der Waals surface area contributed by atoms with Crippen molar-refractivity contribution in [3.8, 4) is 5.69 Å². The molecule has 2 aromatic rings. The molecular weight excluding hydrogens is 315 g/mol. The molecule has 118 valence electrons. The third-order valence-electron chi connectivity index (χ3n) is 3.81. The van der Waals surface area contributed by atoms with Gasteiger partial charge in [-0.2, -0.15) is 0 Å². The molecule has 1 aromatic carbocycles. The van der Waals surface area contributed by atoms with Crippen molar-refractivity contribution in [1.82, 2.24) is 9.47 Å². The summed E-state index contributed by atoms with van der Waals surface area (Å²) in [4.78, 5) is 25.1. The minimum Gasteiger partial charge on any atom is -0.318 e. The van der Waals surface area contributed by atoms with Crippen molar-refractivity contribution in [2.24, 2.45) is 0 Å². The van der Waals surface area contributed by atoms with Crippen LogP contribution in [0.3, 0.4) is 0 Å². The molecule has 23 heavy (non-hydrogen) atoms. The van der Waals surface area contributed by atoms with Gasteiger partial charge < -0.3 is 4.57 Å². The minimum absolute atomic E-state index is 0.278. The summed E-state index contributed by atoms with van der Waals surface area (Å²) in [6, 6.07) is 8.27. The zero-order valence-electron chi connectivity index (χ0n) is 13.0. The van der Waals surface area contributed by atoms with E-state index in [0.29, 0.717) is 4.91 Å². The van der Waals surface area contributed by atoms with Crippen molar-refractivity contribution in [3.05, 3.63) is 58.0 Å². The Hall–Kier alpha value is -2.34. The lowest BCUT2D eigenvalue weighted by Gasteiger charge is -2.09. The van der Waals surface area contributed by atoms with Crippen molar-refractivity contribution in [2.75, 3.05) is 7.05 Å². The van der Waals surface area contributed by atoms with E-state index in [1.807, 2.05) is 30.5 Å². The van der Waals surface area contributed by atoms with Crippen molar-refractivity contribution in [2.45, 2.75) is 13.8 Å². The summed E-state index contributed by atoms with van der Waals surface area (Å²) in [5.74, 6) is -0.598. The summed E-state index contributed by atoms with van der Waals surface area (Å²) < 4.78 is 15.4. The van der Waals surface area contributed by atoms with E-state index in [0.717, 1.165) is 39.3 Å². The lowest BCUT2D eigenvalue weighted by atomic mass is 10.2. The quantitative estimate of drug-likeness (QED) is 0.784.